The Labute approximate surface area is 119 Å². The molecular weight excluding hydrogens is 256 g/mol. The van der Waals surface area contributed by atoms with Crippen molar-refractivity contribution in [3.63, 3.8) is 0 Å². The van der Waals surface area contributed by atoms with E-state index in [1.54, 1.807) is 0 Å². The van der Waals surface area contributed by atoms with Crippen molar-refractivity contribution < 1.29 is 14.7 Å². The Morgan fingerprint density at radius 3 is 2.60 bits per heavy atom. The number of aryl methyl sites for hydroxylation is 1. The number of carbonyl (C=O) groups excluding carboxylic acids is 1. The molecule has 1 rings (SSSR count). The Balaban J connectivity index is 2.07. The lowest BCUT2D eigenvalue weighted by molar-refractivity contribution is -0.137. The smallest absolute Gasteiger partial charge is 0.314 e. The van der Waals surface area contributed by atoms with Crippen LogP contribution in [0, 0.1) is 6.92 Å². The molecule has 0 atom stereocenters. The van der Waals surface area contributed by atoms with Gasteiger partial charge in [-0.3, -0.25) is 4.79 Å². The van der Waals surface area contributed by atoms with Gasteiger partial charge in [-0.2, -0.15) is 0 Å². The summed E-state index contributed by atoms with van der Waals surface area (Å²) in [6.45, 7) is 3.13. The molecule has 0 unspecified atom stereocenters. The zero-order chi connectivity index (χ0) is 14.8. The maximum absolute atomic E-state index is 11.5. The summed E-state index contributed by atoms with van der Waals surface area (Å²) in [5.74, 6) is -0.799. The second kappa shape index (κ2) is 8.96. The van der Waals surface area contributed by atoms with E-state index in [2.05, 4.69) is 16.7 Å². The molecule has 0 aliphatic carbocycles. The highest BCUT2D eigenvalue weighted by atomic mass is 16.4. The van der Waals surface area contributed by atoms with Crippen molar-refractivity contribution in [1.82, 2.24) is 10.6 Å². The molecule has 110 valence electrons. The Hall–Kier alpha value is -2.04. The van der Waals surface area contributed by atoms with Crippen LogP contribution in [0.2, 0.25) is 0 Å². The molecule has 0 aliphatic rings. The van der Waals surface area contributed by atoms with Crippen LogP contribution >= 0.6 is 0 Å². The van der Waals surface area contributed by atoms with Gasteiger partial charge in [0.15, 0.2) is 0 Å². The summed E-state index contributed by atoms with van der Waals surface area (Å²) < 4.78 is 0. The summed E-state index contributed by atoms with van der Waals surface area (Å²) in [5.41, 5.74) is 2.41. The normalized spacial score (nSPS) is 10.1. The van der Waals surface area contributed by atoms with Crippen LogP contribution in [-0.2, 0) is 11.2 Å². The minimum Gasteiger partial charge on any atom is -0.481 e. The van der Waals surface area contributed by atoms with Gasteiger partial charge < -0.3 is 15.7 Å². The fraction of sp³-hybridized carbons (Fsp3) is 0.467. The monoisotopic (exact) mass is 278 g/mol. The van der Waals surface area contributed by atoms with Gasteiger partial charge in [-0.05, 0) is 31.7 Å². The topological polar surface area (TPSA) is 78.4 Å². The largest absolute Gasteiger partial charge is 0.481 e. The van der Waals surface area contributed by atoms with Crippen molar-refractivity contribution in [3.05, 3.63) is 35.4 Å². The molecule has 0 aromatic heterocycles. The van der Waals surface area contributed by atoms with Gasteiger partial charge in [-0.25, -0.2) is 4.79 Å². The molecule has 3 N–H and O–H groups in total. The number of hydrogen-bond acceptors (Lipinski definition) is 2. The van der Waals surface area contributed by atoms with E-state index in [4.69, 9.17) is 5.11 Å². The van der Waals surface area contributed by atoms with Crippen LogP contribution in [0.25, 0.3) is 0 Å². The van der Waals surface area contributed by atoms with Gasteiger partial charge in [0.25, 0.3) is 0 Å². The molecule has 1 aromatic rings. The van der Waals surface area contributed by atoms with Gasteiger partial charge in [-0.1, -0.05) is 29.8 Å². The van der Waals surface area contributed by atoms with Crippen LogP contribution in [0.1, 0.15) is 30.4 Å². The van der Waals surface area contributed by atoms with Crippen LogP contribution in [0.4, 0.5) is 4.79 Å². The van der Waals surface area contributed by atoms with Gasteiger partial charge in [0, 0.05) is 19.5 Å². The summed E-state index contributed by atoms with van der Waals surface area (Å²) in [5, 5.41) is 14.0. The third-order valence-corrected chi connectivity index (χ3v) is 2.88. The van der Waals surface area contributed by atoms with E-state index in [-0.39, 0.29) is 12.5 Å². The Morgan fingerprint density at radius 1 is 1.15 bits per heavy atom. The second-order valence-electron chi connectivity index (χ2n) is 4.77. The summed E-state index contributed by atoms with van der Waals surface area (Å²) in [4.78, 5) is 21.8. The lowest BCUT2D eigenvalue weighted by atomic mass is 10.1. The van der Waals surface area contributed by atoms with E-state index < -0.39 is 5.97 Å². The number of carboxylic acids is 1. The molecule has 0 radical (unpaired) electrons. The third kappa shape index (κ3) is 7.41. The van der Waals surface area contributed by atoms with Gasteiger partial charge >= 0.3 is 12.0 Å². The van der Waals surface area contributed by atoms with Gasteiger partial charge in [0.2, 0.25) is 0 Å². The van der Waals surface area contributed by atoms with Crippen molar-refractivity contribution in [1.29, 1.82) is 0 Å². The average Bonchev–Trinajstić information content (AvgIpc) is 2.38. The van der Waals surface area contributed by atoms with Crippen LogP contribution in [-0.4, -0.2) is 30.2 Å². The summed E-state index contributed by atoms with van der Waals surface area (Å²) in [6.07, 6.45) is 2.21. The number of carbonyl (C=O) groups is 2. The molecule has 5 nitrogen and oxygen atoms in total. The Morgan fingerprint density at radius 2 is 1.90 bits per heavy atom. The fourth-order valence-corrected chi connectivity index (χ4v) is 1.85. The maximum atomic E-state index is 11.5. The first-order valence-electron chi connectivity index (χ1n) is 6.87. The number of benzene rings is 1. The number of unbranched alkanes of at least 4 members (excludes halogenated alkanes) is 1. The highest BCUT2D eigenvalue weighted by Gasteiger charge is 2.00. The second-order valence-corrected chi connectivity index (χ2v) is 4.77. The van der Waals surface area contributed by atoms with E-state index in [0.29, 0.717) is 25.9 Å². The Bertz CT molecular complexity index is 446. The highest BCUT2D eigenvalue weighted by molar-refractivity contribution is 5.73. The zero-order valence-electron chi connectivity index (χ0n) is 11.8. The van der Waals surface area contributed by atoms with Crippen molar-refractivity contribution in [2.75, 3.05) is 13.1 Å². The molecule has 0 aliphatic heterocycles. The molecule has 0 saturated carbocycles. The lowest BCUT2D eigenvalue weighted by Gasteiger charge is -2.07. The van der Waals surface area contributed by atoms with E-state index in [1.807, 2.05) is 25.1 Å². The molecule has 20 heavy (non-hydrogen) atoms. The molecular formula is C15H22N2O3. The molecule has 0 spiro atoms. The number of carboxylic acid groups (broad SMARTS) is 1. The Kier molecular flexibility index (Phi) is 7.17. The lowest BCUT2D eigenvalue weighted by Crippen LogP contribution is -2.37. The SMILES string of the molecule is Cc1cccc(CCNC(=O)NCCCCC(=O)O)c1. The average molecular weight is 278 g/mol. The maximum Gasteiger partial charge on any atom is 0.314 e. The molecule has 5 heteroatoms. The van der Waals surface area contributed by atoms with Crippen molar-refractivity contribution >= 4 is 12.0 Å². The number of amides is 2. The predicted octanol–water partition coefficient (Wildman–Crippen LogP) is 2.09. The number of aliphatic carboxylic acids is 1. The first-order chi connectivity index (χ1) is 9.58. The molecule has 0 heterocycles. The van der Waals surface area contributed by atoms with E-state index >= 15 is 0 Å². The van der Waals surface area contributed by atoms with E-state index in [0.717, 1.165) is 6.42 Å². The number of urea groups is 1. The fourth-order valence-electron chi connectivity index (χ4n) is 1.85. The summed E-state index contributed by atoms with van der Waals surface area (Å²) >= 11 is 0. The standard InChI is InChI=1S/C15H22N2O3/c1-12-5-4-6-13(11-12)8-10-17-15(20)16-9-3-2-7-14(18)19/h4-6,11H,2-3,7-10H2,1H3,(H,18,19)(H2,16,17,20). The van der Waals surface area contributed by atoms with Gasteiger partial charge in [0.05, 0.1) is 0 Å². The number of hydrogen-bond donors (Lipinski definition) is 3. The van der Waals surface area contributed by atoms with Crippen LogP contribution in [0.5, 0.6) is 0 Å². The van der Waals surface area contributed by atoms with Crippen LogP contribution < -0.4 is 10.6 Å². The summed E-state index contributed by atoms with van der Waals surface area (Å²) in [6, 6.07) is 7.99. The summed E-state index contributed by atoms with van der Waals surface area (Å²) in [7, 11) is 0. The van der Waals surface area contributed by atoms with E-state index in [1.165, 1.54) is 11.1 Å². The molecule has 0 fully saturated rings. The highest BCUT2D eigenvalue weighted by Crippen LogP contribution is 2.03. The predicted molar refractivity (Wildman–Crippen MR) is 77.8 cm³/mol. The van der Waals surface area contributed by atoms with Crippen molar-refractivity contribution in [2.45, 2.75) is 32.6 Å². The minimum atomic E-state index is -0.799. The molecule has 0 bridgehead atoms. The third-order valence-electron chi connectivity index (χ3n) is 2.88. The van der Waals surface area contributed by atoms with E-state index in [9.17, 15) is 9.59 Å². The molecule has 1 aromatic carbocycles. The van der Waals surface area contributed by atoms with Crippen LogP contribution in [0.3, 0.4) is 0 Å². The van der Waals surface area contributed by atoms with Crippen molar-refractivity contribution in [3.8, 4) is 0 Å². The van der Waals surface area contributed by atoms with Crippen molar-refractivity contribution in [2.24, 2.45) is 0 Å². The molecule has 2 amide bonds. The first kappa shape index (κ1) is 16.0. The number of rotatable bonds is 8. The number of nitrogens with one attached hydrogen (secondary N) is 2. The van der Waals surface area contributed by atoms with Crippen LogP contribution in [0.15, 0.2) is 24.3 Å². The van der Waals surface area contributed by atoms with Gasteiger partial charge in [0.1, 0.15) is 0 Å². The van der Waals surface area contributed by atoms with Gasteiger partial charge in [-0.15, -0.1) is 0 Å². The minimum absolute atomic E-state index is 0.149. The molecule has 0 saturated heterocycles. The quantitative estimate of drug-likeness (QED) is 0.637. The first-order valence-corrected chi connectivity index (χ1v) is 6.87. The zero-order valence-corrected chi connectivity index (χ0v) is 11.8.